The number of nitrogen functional groups attached to an aromatic ring is 1. The van der Waals surface area contributed by atoms with Gasteiger partial charge in [-0.3, -0.25) is 9.59 Å². The third-order valence-corrected chi connectivity index (χ3v) is 4.37. The third-order valence-electron chi connectivity index (χ3n) is 3.44. The Balaban J connectivity index is 1.93. The Hall–Kier alpha value is -1.64. The highest BCUT2D eigenvalue weighted by Gasteiger charge is 2.28. The Morgan fingerprint density at radius 1 is 1.48 bits per heavy atom. The molecule has 0 radical (unpaired) electrons. The predicted octanol–water partition coefficient (Wildman–Crippen LogP) is 0.793. The van der Waals surface area contributed by atoms with E-state index >= 15 is 0 Å². The summed E-state index contributed by atoms with van der Waals surface area (Å²) in [4.78, 5) is 36.4. The standard InChI is InChI=1S/C14H16IN3O3/c15-11-6-9(3-4-12(11)16)14(21)17-7-13(20)18-5-1-2-10(18)8-19/h3-4,6,8,10H,1-2,5,7,16H2,(H,17,21)/t10-/m1/s1. The summed E-state index contributed by atoms with van der Waals surface area (Å²) in [6.45, 7) is 0.460. The average molecular weight is 401 g/mol. The number of nitrogens with one attached hydrogen (secondary N) is 1. The molecular weight excluding hydrogens is 385 g/mol. The molecule has 0 saturated carbocycles. The molecule has 1 heterocycles. The molecule has 1 saturated heterocycles. The first-order valence-corrected chi connectivity index (χ1v) is 7.69. The lowest BCUT2D eigenvalue weighted by molar-refractivity contribution is -0.133. The number of carbonyl (C=O) groups is 3. The van der Waals surface area contributed by atoms with Crippen molar-refractivity contribution in [3.8, 4) is 0 Å². The van der Waals surface area contributed by atoms with Gasteiger partial charge in [-0.05, 0) is 53.6 Å². The summed E-state index contributed by atoms with van der Waals surface area (Å²) in [6, 6.07) is 4.58. The lowest BCUT2D eigenvalue weighted by atomic mass is 10.2. The lowest BCUT2D eigenvalue weighted by Gasteiger charge is -2.20. The van der Waals surface area contributed by atoms with Gasteiger partial charge in [-0.25, -0.2) is 0 Å². The zero-order valence-corrected chi connectivity index (χ0v) is 13.5. The summed E-state index contributed by atoms with van der Waals surface area (Å²) < 4.78 is 0.784. The molecule has 0 aliphatic carbocycles. The van der Waals surface area contributed by atoms with Crippen molar-refractivity contribution in [3.05, 3.63) is 27.3 Å². The van der Waals surface area contributed by atoms with E-state index < -0.39 is 0 Å². The molecule has 1 atom stereocenters. The van der Waals surface area contributed by atoms with Crippen molar-refractivity contribution in [3.63, 3.8) is 0 Å². The molecule has 1 fully saturated rings. The number of nitrogens with zero attached hydrogens (tertiary/aromatic N) is 1. The number of likely N-dealkylation sites (tertiary alicyclic amines) is 1. The molecular formula is C14H16IN3O3. The fraction of sp³-hybridized carbons (Fsp3) is 0.357. The number of aldehydes is 1. The summed E-state index contributed by atoms with van der Waals surface area (Å²) >= 11 is 2.04. The van der Waals surface area contributed by atoms with Crippen LogP contribution in [0.5, 0.6) is 0 Å². The Kier molecular flexibility index (Phi) is 5.16. The number of hydrogen-bond acceptors (Lipinski definition) is 4. The molecule has 0 unspecified atom stereocenters. The van der Waals surface area contributed by atoms with E-state index in [9.17, 15) is 14.4 Å². The van der Waals surface area contributed by atoms with Crippen LogP contribution in [0.25, 0.3) is 0 Å². The Labute approximate surface area is 136 Å². The molecule has 0 aromatic heterocycles. The minimum absolute atomic E-state index is 0.107. The first-order chi connectivity index (χ1) is 10.0. The minimum Gasteiger partial charge on any atom is -0.398 e. The lowest BCUT2D eigenvalue weighted by Crippen LogP contribution is -2.43. The molecule has 3 N–H and O–H groups in total. The predicted molar refractivity (Wildman–Crippen MR) is 86.7 cm³/mol. The third kappa shape index (κ3) is 3.72. The SMILES string of the molecule is Nc1ccc(C(=O)NCC(=O)N2CCC[C@@H]2C=O)cc1I. The van der Waals surface area contributed by atoms with Crippen LogP contribution in [-0.4, -0.2) is 42.1 Å². The second kappa shape index (κ2) is 6.88. The topological polar surface area (TPSA) is 92.5 Å². The van der Waals surface area contributed by atoms with Gasteiger partial charge in [-0.15, -0.1) is 0 Å². The fourth-order valence-corrected chi connectivity index (χ4v) is 2.79. The van der Waals surface area contributed by atoms with E-state index in [1.54, 1.807) is 18.2 Å². The molecule has 6 nitrogen and oxygen atoms in total. The molecule has 1 aromatic carbocycles. The van der Waals surface area contributed by atoms with Gasteiger partial charge in [0.2, 0.25) is 5.91 Å². The van der Waals surface area contributed by atoms with E-state index in [1.165, 1.54) is 4.90 Å². The number of amides is 2. The van der Waals surface area contributed by atoms with Crippen LogP contribution in [0, 0.1) is 3.57 Å². The molecule has 0 spiro atoms. The number of anilines is 1. The largest absolute Gasteiger partial charge is 0.398 e. The van der Waals surface area contributed by atoms with Crippen LogP contribution < -0.4 is 11.1 Å². The molecule has 0 bridgehead atoms. The average Bonchev–Trinajstić information content (AvgIpc) is 2.95. The number of carbonyl (C=O) groups excluding carboxylic acids is 3. The van der Waals surface area contributed by atoms with Crippen LogP contribution in [0.3, 0.4) is 0 Å². The van der Waals surface area contributed by atoms with Crippen LogP contribution >= 0.6 is 22.6 Å². The quantitative estimate of drug-likeness (QED) is 0.444. The van der Waals surface area contributed by atoms with Crippen LogP contribution in [0.15, 0.2) is 18.2 Å². The van der Waals surface area contributed by atoms with Gasteiger partial charge in [0, 0.05) is 21.4 Å². The normalized spacial score (nSPS) is 17.6. The van der Waals surface area contributed by atoms with Crippen molar-refractivity contribution in [1.82, 2.24) is 10.2 Å². The Bertz CT molecular complexity index is 577. The maximum atomic E-state index is 12.0. The molecule has 112 valence electrons. The van der Waals surface area contributed by atoms with Gasteiger partial charge >= 0.3 is 0 Å². The van der Waals surface area contributed by atoms with E-state index in [4.69, 9.17) is 5.73 Å². The molecule has 7 heteroatoms. The van der Waals surface area contributed by atoms with Crippen LogP contribution in [0.4, 0.5) is 5.69 Å². The van der Waals surface area contributed by atoms with Crippen LogP contribution in [0.1, 0.15) is 23.2 Å². The summed E-state index contributed by atoms with van der Waals surface area (Å²) in [5.41, 5.74) is 6.75. The van der Waals surface area contributed by atoms with Gasteiger partial charge < -0.3 is 20.7 Å². The second-order valence-electron chi connectivity index (χ2n) is 4.85. The highest BCUT2D eigenvalue weighted by Crippen LogP contribution is 2.17. The Morgan fingerprint density at radius 3 is 2.90 bits per heavy atom. The van der Waals surface area contributed by atoms with E-state index in [0.717, 1.165) is 16.3 Å². The van der Waals surface area contributed by atoms with E-state index in [2.05, 4.69) is 5.32 Å². The number of benzene rings is 1. The van der Waals surface area contributed by atoms with Crippen molar-refractivity contribution in [2.75, 3.05) is 18.8 Å². The van der Waals surface area contributed by atoms with Crippen molar-refractivity contribution in [1.29, 1.82) is 0 Å². The highest BCUT2D eigenvalue weighted by atomic mass is 127. The smallest absolute Gasteiger partial charge is 0.251 e. The molecule has 2 rings (SSSR count). The first kappa shape index (κ1) is 15.7. The zero-order valence-electron chi connectivity index (χ0n) is 11.3. The summed E-state index contributed by atoms with van der Waals surface area (Å²) in [5.74, 6) is -0.564. The minimum atomic E-state index is -0.355. The van der Waals surface area contributed by atoms with Crippen LogP contribution in [-0.2, 0) is 9.59 Å². The van der Waals surface area contributed by atoms with E-state index in [1.807, 2.05) is 22.6 Å². The summed E-state index contributed by atoms with van der Waals surface area (Å²) in [6.07, 6.45) is 2.30. The summed E-state index contributed by atoms with van der Waals surface area (Å²) in [5, 5.41) is 2.58. The highest BCUT2D eigenvalue weighted by molar-refractivity contribution is 14.1. The van der Waals surface area contributed by atoms with Crippen molar-refractivity contribution in [2.45, 2.75) is 18.9 Å². The second-order valence-corrected chi connectivity index (χ2v) is 6.01. The van der Waals surface area contributed by atoms with Crippen molar-refractivity contribution < 1.29 is 14.4 Å². The maximum absolute atomic E-state index is 12.0. The Morgan fingerprint density at radius 2 is 2.24 bits per heavy atom. The number of halogens is 1. The summed E-state index contributed by atoms with van der Waals surface area (Å²) in [7, 11) is 0. The van der Waals surface area contributed by atoms with Crippen molar-refractivity contribution >= 4 is 46.4 Å². The van der Waals surface area contributed by atoms with Gasteiger partial charge in [0.25, 0.3) is 5.91 Å². The molecule has 2 amide bonds. The molecule has 1 aliphatic heterocycles. The van der Waals surface area contributed by atoms with Gasteiger partial charge in [0.15, 0.2) is 0 Å². The first-order valence-electron chi connectivity index (χ1n) is 6.61. The van der Waals surface area contributed by atoms with Crippen LogP contribution in [0.2, 0.25) is 0 Å². The van der Waals surface area contributed by atoms with Gasteiger partial charge in [0.1, 0.15) is 6.29 Å². The number of rotatable bonds is 4. The van der Waals surface area contributed by atoms with Crippen molar-refractivity contribution in [2.24, 2.45) is 0 Å². The molecule has 1 aromatic rings. The zero-order chi connectivity index (χ0) is 15.4. The van der Waals surface area contributed by atoms with Gasteiger partial charge in [-0.1, -0.05) is 0 Å². The maximum Gasteiger partial charge on any atom is 0.251 e. The van der Waals surface area contributed by atoms with E-state index in [-0.39, 0.29) is 24.4 Å². The van der Waals surface area contributed by atoms with E-state index in [0.29, 0.717) is 24.2 Å². The fourth-order valence-electron chi connectivity index (χ4n) is 2.27. The molecule has 1 aliphatic rings. The van der Waals surface area contributed by atoms with Gasteiger partial charge in [0.05, 0.1) is 12.6 Å². The molecule has 21 heavy (non-hydrogen) atoms. The number of hydrogen-bond donors (Lipinski definition) is 2. The monoisotopic (exact) mass is 401 g/mol. The van der Waals surface area contributed by atoms with Gasteiger partial charge in [-0.2, -0.15) is 0 Å². The number of nitrogens with two attached hydrogens (primary N) is 1.